The molecule has 1 aliphatic rings. The van der Waals surface area contributed by atoms with Crippen molar-refractivity contribution >= 4 is 34.6 Å². The highest BCUT2D eigenvalue weighted by atomic mass is 35.5. The van der Waals surface area contributed by atoms with Gasteiger partial charge in [-0.1, -0.05) is 29.8 Å². The molecular formula is C18H16ClN3O3. The van der Waals surface area contributed by atoms with E-state index in [0.29, 0.717) is 27.5 Å². The van der Waals surface area contributed by atoms with Crippen LogP contribution in [0.15, 0.2) is 47.5 Å². The van der Waals surface area contributed by atoms with Crippen molar-refractivity contribution < 1.29 is 9.72 Å². The Morgan fingerprint density at radius 3 is 2.48 bits per heavy atom. The fourth-order valence-corrected chi connectivity index (χ4v) is 3.11. The van der Waals surface area contributed by atoms with Crippen LogP contribution in [0.2, 0.25) is 5.02 Å². The average Bonchev–Trinajstić information content (AvgIpc) is 2.64. The van der Waals surface area contributed by atoms with Crippen LogP contribution >= 0.6 is 11.6 Å². The first-order valence-corrected chi connectivity index (χ1v) is 8.02. The molecule has 2 aromatic rings. The number of non-ortho nitro benzene ring substituents is 1. The van der Waals surface area contributed by atoms with Gasteiger partial charge in [0.05, 0.1) is 16.3 Å². The van der Waals surface area contributed by atoms with E-state index >= 15 is 0 Å². The number of anilines is 1. The SMILES string of the molecule is CN1C(=O)C(C)(C)N=C(c2ccccc2Cl)c2cc([N+](=O)[O-])ccc21. The first kappa shape index (κ1) is 17.1. The van der Waals surface area contributed by atoms with Crippen molar-refractivity contribution in [3.05, 3.63) is 68.7 Å². The topological polar surface area (TPSA) is 75.8 Å². The molecule has 0 aromatic heterocycles. The molecule has 6 nitrogen and oxygen atoms in total. The Morgan fingerprint density at radius 1 is 1.16 bits per heavy atom. The van der Waals surface area contributed by atoms with Crippen LogP contribution in [0.1, 0.15) is 25.0 Å². The molecule has 3 rings (SSSR count). The van der Waals surface area contributed by atoms with E-state index in [0.717, 1.165) is 0 Å². The summed E-state index contributed by atoms with van der Waals surface area (Å²) in [6.07, 6.45) is 0. The summed E-state index contributed by atoms with van der Waals surface area (Å²) in [6.45, 7) is 3.42. The number of nitrogens with zero attached hydrogens (tertiary/aromatic N) is 3. The number of fused-ring (bicyclic) bond motifs is 1. The van der Waals surface area contributed by atoms with Crippen molar-refractivity contribution in [2.75, 3.05) is 11.9 Å². The molecule has 1 heterocycles. The maximum atomic E-state index is 12.8. The normalized spacial score (nSPS) is 16.1. The number of aliphatic imine (C=N–C) groups is 1. The molecular weight excluding hydrogens is 342 g/mol. The number of nitro benzene ring substituents is 1. The number of nitro groups is 1. The van der Waals surface area contributed by atoms with Crippen molar-refractivity contribution in [2.45, 2.75) is 19.4 Å². The van der Waals surface area contributed by atoms with Gasteiger partial charge >= 0.3 is 0 Å². The zero-order valence-corrected chi connectivity index (χ0v) is 14.7. The van der Waals surface area contributed by atoms with Gasteiger partial charge in [-0.3, -0.25) is 19.9 Å². The van der Waals surface area contributed by atoms with Gasteiger partial charge in [0.25, 0.3) is 11.6 Å². The van der Waals surface area contributed by atoms with E-state index in [1.165, 1.54) is 17.0 Å². The van der Waals surface area contributed by atoms with Gasteiger partial charge in [0, 0.05) is 35.3 Å². The van der Waals surface area contributed by atoms with Crippen molar-refractivity contribution in [3.63, 3.8) is 0 Å². The fraction of sp³-hybridized carbons (Fsp3) is 0.222. The molecule has 1 aliphatic heterocycles. The number of benzene rings is 2. The van der Waals surface area contributed by atoms with Gasteiger partial charge in [0.15, 0.2) is 0 Å². The Balaban J connectivity index is 2.37. The van der Waals surface area contributed by atoms with Crippen LogP contribution in [0.3, 0.4) is 0 Å². The molecule has 0 N–H and O–H groups in total. The second-order valence-corrected chi connectivity index (χ2v) is 6.73. The Hall–Kier alpha value is -2.73. The summed E-state index contributed by atoms with van der Waals surface area (Å²) >= 11 is 6.33. The smallest absolute Gasteiger partial charge is 0.270 e. The minimum absolute atomic E-state index is 0.0703. The molecule has 128 valence electrons. The predicted molar refractivity (Wildman–Crippen MR) is 97.7 cm³/mol. The van der Waals surface area contributed by atoms with Crippen LogP contribution in [-0.2, 0) is 4.79 Å². The molecule has 0 atom stereocenters. The number of amides is 1. The molecule has 0 fully saturated rings. The van der Waals surface area contributed by atoms with Gasteiger partial charge < -0.3 is 4.90 Å². The maximum Gasteiger partial charge on any atom is 0.270 e. The largest absolute Gasteiger partial charge is 0.313 e. The van der Waals surface area contributed by atoms with Crippen molar-refractivity contribution in [1.29, 1.82) is 0 Å². The van der Waals surface area contributed by atoms with Crippen LogP contribution in [-0.4, -0.2) is 29.1 Å². The Labute approximate surface area is 149 Å². The highest BCUT2D eigenvalue weighted by Crippen LogP contribution is 2.34. The Bertz CT molecular complexity index is 922. The van der Waals surface area contributed by atoms with Gasteiger partial charge in [-0.15, -0.1) is 0 Å². The average molecular weight is 358 g/mol. The predicted octanol–water partition coefficient (Wildman–Crippen LogP) is 3.84. The Morgan fingerprint density at radius 2 is 1.84 bits per heavy atom. The van der Waals surface area contributed by atoms with E-state index in [1.807, 2.05) is 6.07 Å². The summed E-state index contributed by atoms with van der Waals surface area (Å²) < 4.78 is 0. The molecule has 0 radical (unpaired) electrons. The van der Waals surface area contributed by atoms with E-state index in [-0.39, 0.29) is 11.6 Å². The number of halogens is 1. The van der Waals surface area contributed by atoms with E-state index in [4.69, 9.17) is 11.6 Å². The molecule has 7 heteroatoms. The second-order valence-electron chi connectivity index (χ2n) is 6.32. The molecule has 0 saturated heterocycles. The highest BCUT2D eigenvalue weighted by Gasteiger charge is 2.36. The molecule has 0 bridgehead atoms. The van der Waals surface area contributed by atoms with Crippen LogP contribution in [0.25, 0.3) is 0 Å². The van der Waals surface area contributed by atoms with Gasteiger partial charge in [-0.05, 0) is 26.0 Å². The molecule has 0 aliphatic carbocycles. The molecule has 25 heavy (non-hydrogen) atoms. The minimum Gasteiger partial charge on any atom is -0.313 e. The number of likely N-dealkylation sites (N-methyl/N-ethyl adjacent to an activating group) is 1. The van der Waals surface area contributed by atoms with Crippen LogP contribution < -0.4 is 4.90 Å². The molecule has 0 spiro atoms. The molecule has 0 unspecified atom stereocenters. The second kappa shape index (κ2) is 5.97. The highest BCUT2D eigenvalue weighted by molar-refractivity contribution is 6.36. The lowest BCUT2D eigenvalue weighted by molar-refractivity contribution is -0.384. The van der Waals surface area contributed by atoms with Crippen molar-refractivity contribution in [3.8, 4) is 0 Å². The lowest BCUT2D eigenvalue weighted by atomic mass is 9.99. The zero-order chi connectivity index (χ0) is 18.4. The fourth-order valence-electron chi connectivity index (χ4n) is 2.89. The van der Waals surface area contributed by atoms with E-state index in [1.54, 1.807) is 45.2 Å². The third-order valence-corrected chi connectivity index (χ3v) is 4.49. The third kappa shape index (κ3) is 2.89. The standard InChI is InChI=1S/C18H16ClN3O3/c1-18(2)17(23)21(3)15-9-8-11(22(24)25)10-13(15)16(20-18)12-6-4-5-7-14(12)19/h4-10H,1-3H3. The summed E-state index contributed by atoms with van der Waals surface area (Å²) in [4.78, 5) is 29.6. The first-order chi connectivity index (χ1) is 11.7. The quantitative estimate of drug-likeness (QED) is 0.605. The van der Waals surface area contributed by atoms with E-state index in [9.17, 15) is 14.9 Å². The number of benzodiazepines with no additional fused rings is 1. The number of hydrogen-bond donors (Lipinski definition) is 0. The first-order valence-electron chi connectivity index (χ1n) is 7.64. The molecule has 0 saturated carbocycles. The number of rotatable bonds is 2. The maximum absolute atomic E-state index is 12.8. The van der Waals surface area contributed by atoms with Crippen LogP contribution in [0.5, 0.6) is 0 Å². The monoisotopic (exact) mass is 357 g/mol. The summed E-state index contributed by atoms with van der Waals surface area (Å²) in [5.41, 5.74) is 1.05. The van der Waals surface area contributed by atoms with Crippen LogP contribution in [0, 0.1) is 10.1 Å². The summed E-state index contributed by atoms with van der Waals surface area (Å²) in [5, 5.41) is 11.7. The molecule has 2 aromatic carbocycles. The summed E-state index contributed by atoms with van der Waals surface area (Å²) in [6, 6.07) is 11.5. The van der Waals surface area contributed by atoms with Crippen molar-refractivity contribution in [2.24, 2.45) is 4.99 Å². The van der Waals surface area contributed by atoms with Gasteiger partial charge in [-0.2, -0.15) is 0 Å². The van der Waals surface area contributed by atoms with Gasteiger partial charge in [0.2, 0.25) is 0 Å². The third-order valence-electron chi connectivity index (χ3n) is 4.16. The number of carbonyl (C=O) groups excluding carboxylic acids is 1. The Kier molecular flexibility index (Phi) is 4.08. The lowest BCUT2D eigenvalue weighted by Gasteiger charge is -2.24. The lowest BCUT2D eigenvalue weighted by Crippen LogP contribution is -2.41. The van der Waals surface area contributed by atoms with E-state index < -0.39 is 10.5 Å². The summed E-state index contributed by atoms with van der Waals surface area (Å²) in [7, 11) is 1.64. The van der Waals surface area contributed by atoms with Crippen molar-refractivity contribution in [1.82, 2.24) is 0 Å². The summed E-state index contributed by atoms with van der Waals surface area (Å²) in [5.74, 6) is -0.204. The number of hydrogen-bond acceptors (Lipinski definition) is 4. The zero-order valence-electron chi connectivity index (χ0n) is 14.0. The molecule has 1 amide bonds. The van der Waals surface area contributed by atoms with Gasteiger partial charge in [-0.25, -0.2) is 0 Å². The van der Waals surface area contributed by atoms with Crippen LogP contribution in [0.4, 0.5) is 11.4 Å². The number of carbonyl (C=O) groups is 1. The van der Waals surface area contributed by atoms with E-state index in [2.05, 4.69) is 4.99 Å². The minimum atomic E-state index is -1.03. The van der Waals surface area contributed by atoms with Gasteiger partial charge in [0.1, 0.15) is 5.54 Å².